The van der Waals surface area contributed by atoms with Gasteiger partial charge < -0.3 is 0 Å². The van der Waals surface area contributed by atoms with Gasteiger partial charge in [0.25, 0.3) is 0 Å². The van der Waals surface area contributed by atoms with Gasteiger partial charge >= 0.3 is 93.6 Å². The van der Waals surface area contributed by atoms with Crippen LogP contribution < -0.4 is 0 Å². The van der Waals surface area contributed by atoms with E-state index in [1.165, 1.54) is 35.9 Å². The molecule has 1 nitrogen and oxygen atoms in total. The van der Waals surface area contributed by atoms with E-state index in [1.807, 2.05) is 12.1 Å². The maximum absolute atomic E-state index is 5.39. The summed E-state index contributed by atoms with van der Waals surface area (Å²) in [5, 5.41) is 0. The van der Waals surface area contributed by atoms with Gasteiger partial charge in [0.05, 0.1) is 0 Å². The van der Waals surface area contributed by atoms with Crippen molar-refractivity contribution in [3.05, 3.63) is 39.1 Å². The quantitative estimate of drug-likeness (QED) is 0.746. The third-order valence-electron chi connectivity index (χ3n) is 2.47. The van der Waals surface area contributed by atoms with Crippen molar-refractivity contribution < 1.29 is 29.1 Å². The Kier molecular flexibility index (Phi) is 2.42. The summed E-state index contributed by atoms with van der Waals surface area (Å²) in [6.45, 7) is 4.42. The van der Waals surface area contributed by atoms with E-state index in [2.05, 4.69) is 19.9 Å². The zero-order valence-electron chi connectivity index (χ0n) is 7.79. The molecule has 0 fully saturated rings. The average molecular weight is 250 g/mol. The molecule has 0 radical (unpaired) electrons. The average Bonchev–Trinajstić information content (AvgIpc) is 2.70. The summed E-state index contributed by atoms with van der Waals surface area (Å²) in [6.07, 6.45) is 4.02. The summed E-state index contributed by atoms with van der Waals surface area (Å²) in [5.41, 5.74) is 2.69. The number of hydrogen-bond acceptors (Lipinski definition) is 1. The first-order valence-corrected chi connectivity index (χ1v) is 5.61. The van der Waals surface area contributed by atoms with Crippen LogP contribution in [0.3, 0.4) is 0 Å². The second-order valence-electron chi connectivity index (χ2n) is 3.38. The Balaban J connectivity index is 2.44. The van der Waals surface area contributed by atoms with Crippen LogP contribution in [0.15, 0.2) is 37.7 Å². The molecule has 0 aromatic carbocycles. The van der Waals surface area contributed by atoms with Crippen LogP contribution in [-0.2, 0) is 24.7 Å². The molecule has 1 unspecified atom stereocenters. The van der Waals surface area contributed by atoms with Crippen molar-refractivity contribution in [1.82, 2.24) is 0 Å². The van der Waals surface area contributed by atoms with Gasteiger partial charge in [-0.05, 0) is 0 Å². The topological polar surface area (TPSA) is 13.1 Å². The molecule has 1 heterocycles. The van der Waals surface area contributed by atoms with E-state index in [0.717, 1.165) is 5.76 Å². The van der Waals surface area contributed by atoms with Crippen LogP contribution in [0.5, 0.6) is 0 Å². The first-order valence-electron chi connectivity index (χ1n) is 4.38. The molecule has 0 amide bonds. The molecule has 0 N–H and O–H groups in total. The van der Waals surface area contributed by atoms with Gasteiger partial charge in [0, 0.05) is 0 Å². The summed E-state index contributed by atoms with van der Waals surface area (Å²) in [4.78, 5) is 0. The van der Waals surface area contributed by atoms with E-state index >= 15 is 0 Å². The van der Waals surface area contributed by atoms with Crippen molar-refractivity contribution in [2.24, 2.45) is 5.92 Å². The normalized spacial score (nSPS) is 22.2. The second-order valence-corrected chi connectivity index (χ2v) is 4.71. The SMILES string of the molecule is CC1=[C]([Zr])C(C)C=C1c1ccco1. The first kappa shape index (κ1) is 9.21. The third kappa shape index (κ3) is 1.53. The van der Waals surface area contributed by atoms with Crippen LogP contribution in [0.2, 0.25) is 0 Å². The molecule has 0 saturated heterocycles. The summed E-state index contributed by atoms with van der Waals surface area (Å²) >= 11 is 1.52. The van der Waals surface area contributed by atoms with Crippen molar-refractivity contribution in [2.75, 3.05) is 0 Å². The van der Waals surface area contributed by atoms with Gasteiger partial charge in [-0.15, -0.1) is 0 Å². The van der Waals surface area contributed by atoms with E-state index in [-0.39, 0.29) is 0 Å². The zero-order chi connectivity index (χ0) is 9.42. The fraction of sp³-hybridized carbons (Fsp3) is 0.273. The predicted octanol–water partition coefficient (Wildman–Crippen LogP) is 3.13. The Bertz CT molecular complexity index is 371. The summed E-state index contributed by atoms with van der Waals surface area (Å²) in [5.74, 6) is 1.60. The summed E-state index contributed by atoms with van der Waals surface area (Å²) in [7, 11) is 0. The molecule has 65 valence electrons. The van der Waals surface area contributed by atoms with Crippen LogP contribution in [0.25, 0.3) is 5.57 Å². The molecule has 0 aliphatic heterocycles. The Hall–Kier alpha value is -0.357. The molecular formula is C11H11OZr. The Labute approximate surface area is 93.4 Å². The molecule has 0 bridgehead atoms. The first-order chi connectivity index (χ1) is 6.20. The standard InChI is InChI=1S/C11H11O.Zr/c1-8-6-9(2)10(7-8)11-4-3-5-12-11;/h3-5,7-8H,1-2H3;. The molecule has 1 aromatic heterocycles. The van der Waals surface area contributed by atoms with E-state index in [1.54, 1.807) is 9.54 Å². The number of rotatable bonds is 1. The molecule has 1 aliphatic carbocycles. The van der Waals surface area contributed by atoms with Gasteiger partial charge in [0.1, 0.15) is 0 Å². The van der Waals surface area contributed by atoms with Crippen molar-refractivity contribution >= 4 is 5.57 Å². The fourth-order valence-electron chi connectivity index (χ4n) is 1.64. The molecule has 0 spiro atoms. The summed E-state index contributed by atoms with van der Waals surface area (Å²) < 4.78 is 6.93. The van der Waals surface area contributed by atoms with Gasteiger partial charge in [-0.1, -0.05) is 0 Å². The number of allylic oxidation sites excluding steroid dienone is 4. The molecule has 0 saturated carbocycles. The van der Waals surface area contributed by atoms with Crippen LogP contribution in [0.4, 0.5) is 0 Å². The number of hydrogen-bond donors (Lipinski definition) is 0. The minimum absolute atomic E-state index is 0.596. The van der Waals surface area contributed by atoms with Crippen LogP contribution in [0.1, 0.15) is 19.6 Å². The van der Waals surface area contributed by atoms with Gasteiger partial charge in [0.15, 0.2) is 0 Å². The third-order valence-corrected chi connectivity index (χ3v) is 4.51. The zero-order valence-corrected chi connectivity index (χ0v) is 10.3. The van der Waals surface area contributed by atoms with Crippen LogP contribution >= 0.6 is 0 Å². The van der Waals surface area contributed by atoms with Gasteiger partial charge in [-0.3, -0.25) is 0 Å². The second kappa shape index (κ2) is 3.42. The van der Waals surface area contributed by atoms with Crippen molar-refractivity contribution in [2.45, 2.75) is 13.8 Å². The van der Waals surface area contributed by atoms with Gasteiger partial charge in [-0.2, -0.15) is 0 Å². The minimum atomic E-state index is 0.596. The van der Waals surface area contributed by atoms with E-state index in [4.69, 9.17) is 4.42 Å². The Morgan fingerprint density at radius 2 is 2.23 bits per heavy atom. The summed E-state index contributed by atoms with van der Waals surface area (Å²) in [6, 6.07) is 3.96. The van der Waals surface area contributed by atoms with E-state index in [9.17, 15) is 0 Å². The molecule has 1 aromatic rings. The van der Waals surface area contributed by atoms with Gasteiger partial charge in [-0.25, -0.2) is 0 Å². The fourth-order valence-corrected chi connectivity index (χ4v) is 2.18. The van der Waals surface area contributed by atoms with E-state index in [0.29, 0.717) is 5.92 Å². The van der Waals surface area contributed by atoms with Crippen molar-refractivity contribution in [3.63, 3.8) is 0 Å². The molecular weight excluding hydrogens is 239 g/mol. The molecule has 13 heavy (non-hydrogen) atoms. The van der Waals surface area contributed by atoms with E-state index < -0.39 is 0 Å². The molecule has 2 heteroatoms. The number of furan rings is 1. The predicted molar refractivity (Wildman–Crippen MR) is 48.5 cm³/mol. The van der Waals surface area contributed by atoms with Gasteiger partial charge in [0.2, 0.25) is 0 Å². The monoisotopic (exact) mass is 249 g/mol. The molecule has 1 atom stereocenters. The molecule has 1 aliphatic rings. The van der Waals surface area contributed by atoms with Crippen molar-refractivity contribution in [3.8, 4) is 0 Å². The van der Waals surface area contributed by atoms with Crippen molar-refractivity contribution in [1.29, 1.82) is 0 Å². The Morgan fingerprint density at radius 3 is 2.69 bits per heavy atom. The maximum atomic E-state index is 5.39. The van der Waals surface area contributed by atoms with Crippen LogP contribution in [0, 0.1) is 5.92 Å². The molecule has 2 rings (SSSR count). The van der Waals surface area contributed by atoms with Crippen LogP contribution in [-0.4, -0.2) is 0 Å². The Morgan fingerprint density at radius 1 is 1.46 bits per heavy atom.